The summed E-state index contributed by atoms with van der Waals surface area (Å²) in [5.41, 5.74) is 6.31. The van der Waals surface area contributed by atoms with Gasteiger partial charge in [-0.1, -0.05) is 13.8 Å². The quantitative estimate of drug-likeness (QED) is 0.684. The Hall–Kier alpha value is -1.36. The standard InChI is InChI=1S/C10H18N4O/c1-6(2)8(15)5-12-9-4-7(3)13-10(11)14-9/h4,6,8,15H,5H2,1-3H3,(H3,11,12,13,14). The number of aromatic nitrogens is 2. The summed E-state index contributed by atoms with van der Waals surface area (Å²) in [6.45, 7) is 6.24. The number of hydrogen-bond acceptors (Lipinski definition) is 5. The Morgan fingerprint density at radius 1 is 1.47 bits per heavy atom. The fourth-order valence-corrected chi connectivity index (χ4v) is 1.13. The van der Waals surface area contributed by atoms with Crippen LogP contribution in [0.25, 0.3) is 0 Å². The second-order valence-electron chi connectivity index (χ2n) is 3.95. The molecule has 0 aliphatic carbocycles. The molecule has 0 radical (unpaired) electrons. The molecule has 0 aliphatic heterocycles. The molecule has 0 spiro atoms. The van der Waals surface area contributed by atoms with E-state index in [4.69, 9.17) is 5.73 Å². The molecule has 1 aromatic heterocycles. The summed E-state index contributed by atoms with van der Waals surface area (Å²) in [5.74, 6) is 1.12. The average molecular weight is 210 g/mol. The van der Waals surface area contributed by atoms with E-state index in [1.165, 1.54) is 0 Å². The lowest BCUT2D eigenvalue weighted by atomic mass is 10.1. The summed E-state index contributed by atoms with van der Waals surface area (Å²) in [4.78, 5) is 7.97. The first kappa shape index (κ1) is 11.7. The van der Waals surface area contributed by atoms with Crippen molar-refractivity contribution in [3.63, 3.8) is 0 Å². The topological polar surface area (TPSA) is 84.1 Å². The molecule has 0 saturated carbocycles. The second kappa shape index (κ2) is 4.93. The van der Waals surface area contributed by atoms with E-state index in [0.717, 1.165) is 5.69 Å². The number of hydrogen-bond donors (Lipinski definition) is 3. The van der Waals surface area contributed by atoms with Crippen molar-refractivity contribution < 1.29 is 5.11 Å². The molecule has 0 aliphatic rings. The van der Waals surface area contributed by atoms with Crippen LogP contribution in [0.5, 0.6) is 0 Å². The number of nitrogens with zero attached hydrogens (tertiary/aromatic N) is 2. The summed E-state index contributed by atoms with van der Waals surface area (Å²) in [6.07, 6.45) is -0.388. The molecular formula is C10H18N4O. The van der Waals surface area contributed by atoms with Crippen LogP contribution in [0.3, 0.4) is 0 Å². The number of nitrogen functional groups attached to an aromatic ring is 1. The van der Waals surface area contributed by atoms with Crippen LogP contribution in [-0.2, 0) is 0 Å². The van der Waals surface area contributed by atoms with Gasteiger partial charge in [-0.15, -0.1) is 0 Å². The van der Waals surface area contributed by atoms with Gasteiger partial charge in [0.05, 0.1) is 6.10 Å². The normalized spacial score (nSPS) is 12.9. The monoisotopic (exact) mass is 210 g/mol. The van der Waals surface area contributed by atoms with E-state index in [1.54, 1.807) is 6.07 Å². The Labute approximate surface area is 89.7 Å². The lowest BCUT2D eigenvalue weighted by Crippen LogP contribution is -2.25. The van der Waals surface area contributed by atoms with Crippen molar-refractivity contribution in [3.05, 3.63) is 11.8 Å². The predicted octanol–water partition coefficient (Wildman–Crippen LogP) is 0.796. The van der Waals surface area contributed by atoms with Crippen molar-refractivity contribution in [1.82, 2.24) is 9.97 Å². The fourth-order valence-electron chi connectivity index (χ4n) is 1.13. The van der Waals surface area contributed by atoms with Crippen LogP contribution in [0.2, 0.25) is 0 Å². The maximum absolute atomic E-state index is 9.59. The lowest BCUT2D eigenvalue weighted by Gasteiger charge is -2.15. The van der Waals surface area contributed by atoms with E-state index in [9.17, 15) is 5.11 Å². The third kappa shape index (κ3) is 3.71. The van der Waals surface area contributed by atoms with Gasteiger partial charge in [0.2, 0.25) is 5.95 Å². The molecule has 0 aromatic carbocycles. The van der Waals surface area contributed by atoms with Gasteiger partial charge in [-0.2, -0.15) is 4.98 Å². The van der Waals surface area contributed by atoms with Crippen molar-refractivity contribution in [2.24, 2.45) is 5.92 Å². The Morgan fingerprint density at radius 2 is 2.13 bits per heavy atom. The first-order chi connectivity index (χ1) is 6.99. The van der Waals surface area contributed by atoms with Gasteiger partial charge in [-0.05, 0) is 12.8 Å². The molecule has 1 atom stereocenters. The molecule has 4 N–H and O–H groups in total. The Morgan fingerprint density at radius 3 is 2.67 bits per heavy atom. The molecule has 1 rings (SSSR count). The number of nitrogens with two attached hydrogens (primary N) is 1. The first-order valence-corrected chi connectivity index (χ1v) is 5.02. The van der Waals surface area contributed by atoms with E-state index >= 15 is 0 Å². The first-order valence-electron chi connectivity index (χ1n) is 5.02. The Kier molecular flexibility index (Phi) is 3.85. The summed E-state index contributed by atoms with van der Waals surface area (Å²) in [6, 6.07) is 1.80. The van der Waals surface area contributed by atoms with Gasteiger partial charge in [0.25, 0.3) is 0 Å². The minimum Gasteiger partial charge on any atom is -0.391 e. The molecule has 84 valence electrons. The molecule has 0 bridgehead atoms. The highest BCUT2D eigenvalue weighted by molar-refractivity contribution is 5.40. The molecule has 0 fully saturated rings. The number of aryl methyl sites for hydroxylation is 1. The highest BCUT2D eigenvalue weighted by Gasteiger charge is 2.09. The Bertz CT molecular complexity index is 307. The molecule has 0 saturated heterocycles. The molecule has 5 heteroatoms. The summed E-state index contributed by atoms with van der Waals surface area (Å²) >= 11 is 0. The molecule has 1 unspecified atom stereocenters. The zero-order valence-electron chi connectivity index (χ0n) is 9.36. The third-order valence-corrected chi connectivity index (χ3v) is 2.13. The Balaban J connectivity index is 2.57. The minimum atomic E-state index is -0.388. The third-order valence-electron chi connectivity index (χ3n) is 2.13. The highest BCUT2D eigenvalue weighted by atomic mass is 16.3. The molecule has 1 heterocycles. The number of aliphatic hydroxyl groups excluding tert-OH is 1. The largest absolute Gasteiger partial charge is 0.391 e. The van der Waals surface area contributed by atoms with Crippen LogP contribution in [0.4, 0.5) is 11.8 Å². The molecular weight excluding hydrogens is 192 g/mol. The van der Waals surface area contributed by atoms with Gasteiger partial charge in [0.15, 0.2) is 0 Å². The van der Waals surface area contributed by atoms with Crippen LogP contribution in [0.1, 0.15) is 19.5 Å². The van der Waals surface area contributed by atoms with Gasteiger partial charge < -0.3 is 16.2 Å². The zero-order valence-corrected chi connectivity index (χ0v) is 9.36. The maximum Gasteiger partial charge on any atom is 0.222 e. The van der Waals surface area contributed by atoms with Crippen molar-refractivity contribution in [1.29, 1.82) is 0 Å². The molecule has 0 amide bonds. The van der Waals surface area contributed by atoms with Crippen LogP contribution in [-0.4, -0.2) is 27.7 Å². The zero-order chi connectivity index (χ0) is 11.4. The van der Waals surface area contributed by atoms with E-state index in [1.807, 2.05) is 20.8 Å². The number of rotatable bonds is 4. The molecule has 1 aromatic rings. The van der Waals surface area contributed by atoms with Gasteiger partial charge in [0, 0.05) is 18.3 Å². The second-order valence-corrected chi connectivity index (χ2v) is 3.95. The highest BCUT2D eigenvalue weighted by Crippen LogP contribution is 2.08. The van der Waals surface area contributed by atoms with Crippen molar-refractivity contribution in [3.8, 4) is 0 Å². The number of aliphatic hydroxyl groups is 1. The smallest absolute Gasteiger partial charge is 0.222 e. The molecule has 15 heavy (non-hydrogen) atoms. The molecule has 5 nitrogen and oxygen atoms in total. The van der Waals surface area contributed by atoms with Gasteiger partial charge in [0.1, 0.15) is 5.82 Å². The van der Waals surface area contributed by atoms with E-state index in [-0.39, 0.29) is 18.0 Å². The van der Waals surface area contributed by atoms with Crippen LogP contribution in [0.15, 0.2) is 6.07 Å². The predicted molar refractivity (Wildman–Crippen MR) is 60.5 cm³/mol. The van der Waals surface area contributed by atoms with Gasteiger partial charge in [-0.25, -0.2) is 4.98 Å². The maximum atomic E-state index is 9.59. The average Bonchev–Trinajstić information content (AvgIpc) is 2.12. The fraction of sp³-hybridized carbons (Fsp3) is 0.600. The van der Waals surface area contributed by atoms with Crippen LogP contribution in [0, 0.1) is 12.8 Å². The van der Waals surface area contributed by atoms with Crippen molar-refractivity contribution in [2.45, 2.75) is 26.9 Å². The lowest BCUT2D eigenvalue weighted by molar-refractivity contribution is 0.138. The van der Waals surface area contributed by atoms with Crippen molar-refractivity contribution >= 4 is 11.8 Å². The summed E-state index contributed by atoms with van der Waals surface area (Å²) < 4.78 is 0. The van der Waals surface area contributed by atoms with E-state index in [2.05, 4.69) is 15.3 Å². The van der Waals surface area contributed by atoms with Crippen LogP contribution >= 0.6 is 0 Å². The number of anilines is 2. The van der Waals surface area contributed by atoms with E-state index < -0.39 is 0 Å². The minimum absolute atomic E-state index is 0.220. The number of nitrogens with one attached hydrogen (secondary N) is 1. The SMILES string of the molecule is Cc1cc(NCC(O)C(C)C)nc(N)n1. The van der Waals surface area contributed by atoms with Crippen molar-refractivity contribution in [2.75, 3.05) is 17.6 Å². The summed E-state index contributed by atoms with van der Waals surface area (Å²) in [7, 11) is 0. The van der Waals surface area contributed by atoms with Gasteiger partial charge in [-0.3, -0.25) is 0 Å². The summed E-state index contributed by atoms with van der Waals surface area (Å²) in [5, 5.41) is 12.6. The van der Waals surface area contributed by atoms with E-state index in [0.29, 0.717) is 12.4 Å². The van der Waals surface area contributed by atoms with Crippen LogP contribution < -0.4 is 11.1 Å². The van der Waals surface area contributed by atoms with Gasteiger partial charge >= 0.3 is 0 Å².